The maximum Gasteiger partial charge on any atom is 0.0110 e. The Morgan fingerprint density at radius 1 is 1.21 bits per heavy atom. The Morgan fingerprint density at radius 3 is 2.68 bits per heavy atom. The average molecular weight is 260 g/mol. The lowest BCUT2D eigenvalue weighted by atomic mass is 9.84. The molecule has 0 spiro atoms. The number of nitrogens with one attached hydrogen (secondary N) is 1. The van der Waals surface area contributed by atoms with E-state index in [-0.39, 0.29) is 0 Å². The zero-order valence-corrected chi connectivity index (χ0v) is 12.1. The molecule has 1 fully saturated rings. The fourth-order valence-electron chi connectivity index (χ4n) is 3.19. The Bertz CT molecular complexity index is 350. The predicted octanol–water partition coefficient (Wildman–Crippen LogP) is 3.11. The van der Waals surface area contributed by atoms with E-state index in [0.717, 1.165) is 13.0 Å². The Balaban J connectivity index is 1.75. The van der Waals surface area contributed by atoms with Gasteiger partial charge < -0.3 is 11.1 Å². The molecule has 3 atom stereocenters. The van der Waals surface area contributed by atoms with E-state index < -0.39 is 0 Å². The van der Waals surface area contributed by atoms with Crippen molar-refractivity contribution in [1.29, 1.82) is 0 Å². The summed E-state index contributed by atoms with van der Waals surface area (Å²) in [6.07, 6.45) is 7.70. The van der Waals surface area contributed by atoms with Gasteiger partial charge >= 0.3 is 0 Å². The van der Waals surface area contributed by atoms with Gasteiger partial charge in [0, 0.05) is 12.1 Å². The Morgan fingerprint density at radius 2 is 1.95 bits per heavy atom. The molecule has 3 unspecified atom stereocenters. The van der Waals surface area contributed by atoms with Crippen molar-refractivity contribution in [3.8, 4) is 0 Å². The molecule has 3 N–H and O–H groups in total. The number of nitrogens with two attached hydrogens (primary N) is 1. The third-order valence-electron chi connectivity index (χ3n) is 4.42. The maximum absolute atomic E-state index is 5.89. The highest BCUT2D eigenvalue weighted by atomic mass is 15.0. The molecule has 2 nitrogen and oxygen atoms in total. The van der Waals surface area contributed by atoms with Crippen LogP contribution in [0.1, 0.15) is 44.6 Å². The predicted molar refractivity (Wildman–Crippen MR) is 82.2 cm³/mol. The molecule has 19 heavy (non-hydrogen) atoms. The molecule has 1 aromatic carbocycles. The zero-order valence-electron chi connectivity index (χ0n) is 12.1. The number of benzene rings is 1. The molecule has 0 heterocycles. The molecule has 2 heteroatoms. The van der Waals surface area contributed by atoms with Crippen molar-refractivity contribution in [2.75, 3.05) is 6.54 Å². The van der Waals surface area contributed by atoms with Crippen LogP contribution in [0.15, 0.2) is 30.3 Å². The molecule has 0 bridgehead atoms. The second-order valence-electron chi connectivity index (χ2n) is 5.98. The van der Waals surface area contributed by atoms with Crippen LogP contribution in [0.2, 0.25) is 0 Å². The second kappa shape index (κ2) is 7.66. The van der Waals surface area contributed by atoms with E-state index in [1.165, 1.54) is 37.7 Å². The summed E-state index contributed by atoms with van der Waals surface area (Å²) in [5.41, 5.74) is 7.33. The van der Waals surface area contributed by atoms with Crippen LogP contribution in [0, 0.1) is 5.92 Å². The first kappa shape index (κ1) is 14.5. The first-order valence-corrected chi connectivity index (χ1v) is 7.79. The summed E-state index contributed by atoms with van der Waals surface area (Å²) < 4.78 is 0. The first-order chi connectivity index (χ1) is 9.29. The van der Waals surface area contributed by atoms with Crippen molar-refractivity contribution in [1.82, 2.24) is 5.32 Å². The Kier molecular flexibility index (Phi) is 5.87. The monoisotopic (exact) mass is 260 g/mol. The summed E-state index contributed by atoms with van der Waals surface area (Å²) in [4.78, 5) is 0. The fourth-order valence-corrected chi connectivity index (χ4v) is 3.19. The molecule has 0 radical (unpaired) electrons. The van der Waals surface area contributed by atoms with Crippen LogP contribution in [0.4, 0.5) is 0 Å². The normalized spacial score (nSPS) is 25.2. The van der Waals surface area contributed by atoms with Gasteiger partial charge in [-0.25, -0.2) is 0 Å². The van der Waals surface area contributed by atoms with Crippen molar-refractivity contribution in [3.05, 3.63) is 35.9 Å². The molecule has 2 rings (SSSR count). The molecular weight excluding hydrogens is 232 g/mol. The molecule has 1 saturated carbocycles. The number of hydrogen-bond donors (Lipinski definition) is 2. The third-order valence-corrected chi connectivity index (χ3v) is 4.42. The van der Waals surface area contributed by atoms with Crippen LogP contribution in [0.5, 0.6) is 0 Å². The molecule has 0 aromatic heterocycles. The minimum atomic E-state index is 0.581. The molecule has 0 saturated heterocycles. The highest BCUT2D eigenvalue weighted by molar-refractivity contribution is 5.14. The van der Waals surface area contributed by atoms with E-state index in [1.54, 1.807) is 0 Å². The van der Waals surface area contributed by atoms with Gasteiger partial charge in [-0.1, -0.05) is 43.2 Å². The SMILES string of the molecule is CC(CCc1ccccc1)NC1CCCCC1CN. The molecule has 1 aliphatic rings. The number of hydrogen-bond acceptors (Lipinski definition) is 2. The highest BCUT2D eigenvalue weighted by Gasteiger charge is 2.24. The van der Waals surface area contributed by atoms with Crippen LogP contribution in [-0.4, -0.2) is 18.6 Å². The lowest BCUT2D eigenvalue weighted by molar-refractivity contribution is 0.248. The van der Waals surface area contributed by atoms with Gasteiger partial charge in [-0.05, 0) is 50.6 Å². The van der Waals surface area contributed by atoms with Crippen LogP contribution in [-0.2, 0) is 6.42 Å². The second-order valence-corrected chi connectivity index (χ2v) is 5.98. The summed E-state index contributed by atoms with van der Waals surface area (Å²) in [6.45, 7) is 3.15. The van der Waals surface area contributed by atoms with Crippen LogP contribution >= 0.6 is 0 Å². The van der Waals surface area contributed by atoms with Crippen molar-refractivity contribution in [3.63, 3.8) is 0 Å². The van der Waals surface area contributed by atoms with Crippen LogP contribution in [0.3, 0.4) is 0 Å². The molecule has 106 valence electrons. The lowest BCUT2D eigenvalue weighted by Crippen LogP contribution is -2.45. The van der Waals surface area contributed by atoms with Crippen molar-refractivity contribution < 1.29 is 0 Å². The van der Waals surface area contributed by atoms with Gasteiger partial charge in [0.05, 0.1) is 0 Å². The molecule has 1 aromatic rings. The van der Waals surface area contributed by atoms with Gasteiger partial charge in [-0.2, -0.15) is 0 Å². The summed E-state index contributed by atoms with van der Waals surface area (Å²) >= 11 is 0. The summed E-state index contributed by atoms with van der Waals surface area (Å²) in [5.74, 6) is 0.688. The van der Waals surface area contributed by atoms with Crippen LogP contribution in [0.25, 0.3) is 0 Å². The van der Waals surface area contributed by atoms with Gasteiger partial charge in [0.2, 0.25) is 0 Å². The van der Waals surface area contributed by atoms with Gasteiger partial charge in [-0.3, -0.25) is 0 Å². The number of rotatable bonds is 6. The third kappa shape index (κ3) is 4.63. The van der Waals surface area contributed by atoms with Crippen molar-refractivity contribution in [2.45, 2.75) is 57.5 Å². The van der Waals surface area contributed by atoms with Gasteiger partial charge in [0.15, 0.2) is 0 Å². The standard InChI is InChI=1S/C17H28N2/c1-14(11-12-15-7-3-2-4-8-15)19-17-10-6-5-9-16(17)13-18/h2-4,7-8,14,16-17,19H,5-6,9-13,18H2,1H3. The van der Waals surface area contributed by atoms with Gasteiger partial charge in [0.1, 0.15) is 0 Å². The quantitative estimate of drug-likeness (QED) is 0.825. The molecule has 0 amide bonds. The topological polar surface area (TPSA) is 38.0 Å². The Labute approximate surface area is 117 Å². The van der Waals surface area contributed by atoms with Crippen molar-refractivity contribution in [2.24, 2.45) is 11.7 Å². The van der Waals surface area contributed by atoms with E-state index in [2.05, 4.69) is 42.6 Å². The Hall–Kier alpha value is -0.860. The summed E-state index contributed by atoms with van der Waals surface area (Å²) in [6, 6.07) is 12.0. The number of aryl methyl sites for hydroxylation is 1. The smallest absolute Gasteiger partial charge is 0.0110 e. The molecule has 1 aliphatic carbocycles. The van der Waals surface area contributed by atoms with E-state index in [9.17, 15) is 0 Å². The van der Waals surface area contributed by atoms with E-state index in [0.29, 0.717) is 18.0 Å². The average Bonchev–Trinajstić information content (AvgIpc) is 2.47. The minimum absolute atomic E-state index is 0.581. The fraction of sp³-hybridized carbons (Fsp3) is 0.647. The first-order valence-electron chi connectivity index (χ1n) is 7.79. The van der Waals surface area contributed by atoms with Crippen molar-refractivity contribution >= 4 is 0 Å². The minimum Gasteiger partial charge on any atom is -0.330 e. The maximum atomic E-state index is 5.89. The van der Waals surface area contributed by atoms with Gasteiger partial charge in [-0.15, -0.1) is 0 Å². The van der Waals surface area contributed by atoms with E-state index in [1.807, 2.05) is 0 Å². The highest BCUT2D eigenvalue weighted by Crippen LogP contribution is 2.24. The zero-order chi connectivity index (χ0) is 13.5. The summed E-state index contributed by atoms with van der Waals surface area (Å²) in [7, 11) is 0. The molecule has 0 aliphatic heterocycles. The van der Waals surface area contributed by atoms with E-state index in [4.69, 9.17) is 5.73 Å². The van der Waals surface area contributed by atoms with E-state index >= 15 is 0 Å². The largest absolute Gasteiger partial charge is 0.330 e. The molecular formula is C17H28N2. The van der Waals surface area contributed by atoms with Gasteiger partial charge in [0.25, 0.3) is 0 Å². The lowest BCUT2D eigenvalue weighted by Gasteiger charge is -2.33. The van der Waals surface area contributed by atoms with Crippen LogP contribution < -0.4 is 11.1 Å². The summed E-state index contributed by atoms with van der Waals surface area (Å²) in [5, 5.41) is 3.81.